The van der Waals surface area contributed by atoms with E-state index in [9.17, 15) is 14.0 Å². The van der Waals surface area contributed by atoms with Crippen LogP contribution in [0.5, 0.6) is 0 Å². The molecule has 152 valence electrons. The zero-order valence-corrected chi connectivity index (χ0v) is 16.4. The number of benzene rings is 2. The predicted molar refractivity (Wildman–Crippen MR) is 112 cm³/mol. The highest BCUT2D eigenvalue weighted by Crippen LogP contribution is 2.44. The van der Waals surface area contributed by atoms with Crippen LogP contribution in [0.1, 0.15) is 59.3 Å². The van der Waals surface area contributed by atoms with Gasteiger partial charge in [-0.3, -0.25) is 9.59 Å². The molecular formula is C24H22FN3O2. The highest BCUT2D eigenvalue weighted by molar-refractivity contribution is 5.92. The first-order chi connectivity index (χ1) is 14.6. The SMILES string of the molecule is O=C(NC(c1ccc(C2CC2)c(F)c1)C1CC1)c1cc(=O)[nH]c(-c2ccccc2)n1. The van der Waals surface area contributed by atoms with Crippen LogP contribution in [0.3, 0.4) is 0 Å². The summed E-state index contributed by atoms with van der Waals surface area (Å²) in [6.45, 7) is 0. The smallest absolute Gasteiger partial charge is 0.270 e. The fraction of sp³-hybridized carbons (Fsp3) is 0.292. The normalized spacial score (nSPS) is 16.8. The Kier molecular flexibility index (Phi) is 4.69. The molecule has 6 heteroatoms. The minimum Gasteiger partial charge on any atom is -0.344 e. The fourth-order valence-corrected chi connectivity index (χ4v) is 3.89. The molecule has 1 heterocycles. The van der Waals surface area contributed by atoms with Gasteiger partial charge in [0.2, 0.25) is 0 Å². The van der Waals surface area contributed by atoms with E-state index < -0.39 is 11.5 Å². The second-order valence-corrected chi connectivity index (χ2v) is 8.19. The van der Waals surface area contributed by atoms with E-state index >= 15 is 0 Å². The molecule has 0 spiro atoms. The van der Waals surface area contributed by atoms with E-state index in [-0.39, 0.29) is 23.5 Å². The molecule has 0 bridgehead atoms. The second-order valence-electron chi connectivity index (χ2n) is 8.19. The largest absolute Gasteiger partial charge is 0.344 e. The molecule has 2 N–H and O–H groups in total. The van der Waals surface area contributed by atoms with Crippen LogP contribution < -0.4 is 10.9 Å². The van der Waals surface area contributed by atoms with E-state index in [0.29, 0.717) is 11.7 Å². The zero-order chi connectivity index (χ0) is 20.7. The molecule has 5 rings (SSSR count). The van der Waals surface area contributed by atoms with Gasteiger partial charge in [0.15, 0.2) is 0 Å². The lowest BCUT2D eigenvalue weighted by molar-refractivity contribution is 0.0926. The van der Waals surface area contributed by atoms with Gasteiger partial charge in [-0.15, -0.1) is 0 Å². The molecule has 0 saturated heterocycles. The Balaban J connectivity index is 1.41. The number of carbonyl (C=O) groups is 1. The first-order valence-electron chi connectivity index (χ1n) is 10.4. The van der Waals surface area contributed by atoms with Crippen LogP contribution in [0, 0.1) is 11.7 Å². The third kappa shape index (κ3) is 3.90. The molecule has 1 aromatic heterocycles. The molecule has 2 aliphatic carbocycles. The Morgan fingerprint density at radius 2 is 1.83 bits per heavy atom. The van der Waals surface area contributed by atoms with Crippen LogP contribution in [0.2, 0.25) is 0 Å². The average molecular weight is 403 g/mol. The number of H-pyrrole nitrogens is 1. The van der Waals surface area contributed by atoms with Crippen LogP contribution >= 0.6 is 0 Å². The van der Waals surface area contributed by atoms with Gasteiger partial charge in [-0.2, -0.15) is 0 Å². The summed E-state index contributed by atoms with van der Waals surface area (Å²) >= 11 is 0. The summed E-state index contributed by atoms with van der Waals surface area (Å²) in [5.41, 5.74) is 1.92. The standard InChI is InChI=1S/C24H22FN3O2/c25-19-12-17(10-11-18(19)14-6-7-14)22(15-8-9-15)28-24(30)20-13-21(29)27-23(26-20)16-4-2-1-3-5-16/h1-5,10-15,22H,6-9H2,(H,28,30)(H,26,27,29). The first-order valence-corrected chi connectivity index (χ1v) is 10.4. The molecule has 1 unspecified atom stereocenters. The average Bonchev–Trinajstić information content (AvgIpc) is 3.65. The summed E-state index contributed by atoms with van der Waals surface area (Å²) in [5, 5.41) is 2.99. The molecular weight excluding hydrogens is 381 g/mol. The van der Waals surface area contributed by atoms with Crippen molar-refractivity contribution in [2.75, 3.05) is 0 Å². The number of aromatic nitrogens is 2. The van der Waals surface area contributed by atoms with Crippen molar-refractivity contribution in [3.05, 3.63) is 87.6 Å². The number of halogens is 1. The van der Waals surface area contributed by atoms with Gasteiger partial charge in [0.05, 0.1) is 6.04 Å². The van der Waals surface area contributed by atoms with Crippen molar-refractivity contribution in [2.24, 2.45) is 5.92 Å². The lowest BCUT2D eigenvalue weighted by Crippen LogP contribution is -2.31. The Hall–Kier alpha value is -3.28. The van der Waals surface area contributed by atoms with Crippen molar-refractivity contribution >= 4 is 5.91 Å². The number of nitrogens with one attached hydrogen (secondary N) is 2. The molecule has 1 amide bonds. The minimum absolute atomic E-state index is 0.0540. The van der Waals surface area contributed by atoms with Crippen molar-refractivity contribution in [1.82, 2.24) is 15.3 Å². The first kappa shape index (κ1) is 18.7. The van der Waals surface area contributed by atoms with Gasteiger partial charge in [0.1, 0.15) is 17.3 Å². The lowest BCUT2D eigenvalue weighted by atomic mass is 9.99. The third-order valence-corrected chi connectivity index (χ3v) is 5.80. The molecule has 0 aliphatic heterocycles. The van der Waals surface area contributed by atoms with E-state index in [1.807, 2.05) is 42.5 Å². The highest BCUT2D eigenvalue weighted by atomic mass is 19.1. The van der Waals surface area contributed by atoms with Gasteiger partial charge in [0, 0.05) is 11.6 Å². The monoisotopic (exact) mass is 403 g/mol. The summed E-state index contributed by atoms with van der Waals surface area (Å²) in [5.74, 6) is 0.328. The van der Waals surface area contributed by atoms with Crippen molar-refractivity contribution < 1.29 is 9.18 Å². The fourth-order valence-electron chi connectivity index (χ4n) is 3.89. The van der Waals surface area contributed by atoms with Gasteiger partial charge >= 0.3 is 0 Å². The van der Waals surface area contributed by atoms with E-state index in [2.05, 4.69) is 15.3 Å². The Bertz CT molecular complexity index is 1150. The highest BCUT2D eigenvalue weighted by Gasteiger charge is 2.35. The number of hydrogen-bond acceptors (Lipinski definition) is 3. The van der Waals surface area contributed by atoms with Crippen LogP contribution in [-0.4, -0.2) is 15.9 Å². The summed E-state index contributed by atoms with van der Waals surface area (Å²) < 4.78 is 14.6. The Morgan fingerprint density at radius 1 is 1.07 bits per heavy atom. The van der Waals surface area contributed by atoms with Gasteiger partial charge in [0.25, 0.3) is 11.5 Å². The second kappa shape index (κ2) is 7.52. The van der Waals surface area contributed by atoms with E-state index in [4.69, 9.17) is 0 Å². The van der Waals surface area contributed by atoms with E-state index in [1.165, 1.54) is 6.07 Å². The number of hydrogen-bond donors (Lipinski definition) is 2. The molecule has 30 heavy (non-hydrogen) atoms. The van der Waals surface area contributed by atoms with Crippen LogP contribution in [0.4, 0.5) is 4.39 Å². The van der Waals surface area contributed by atoms with Gasteiger partial charge < -0.3 is 10.3 Å². The van der Waals surface area contributed by atoms with Gasteiger partial charge in [-0.25, -0.2) is 9.37 Å². The van der Waals surface area contributed by atoms with Gasteiger partial charge in [-0.1, -0.05) is 42.5 Å². The topological polar surface area (TPSA) is 74.8 Å². The zero-order valence-electron chi connectivity index (χ0n) is 16.4. The van der Waals surface area contributed by atoms with Crippen LogP contribution in [0.25, 0.3) is 11.4 Å². The summed E-state index contributed by atoms with van der Waals surface area (Å²) in [4.78, 5) is 32.1. The van der Waals surface area contributed by atoms with Crippen molar-refractivity contribution in [2.45, 2.75) is 37.6 Å². The van der Waals surface area contributed by atoms with Gasteiger partial charge in [-0.05, 0) is 54.7 Å². The number of aromatic amines is 1. The lowest BCUT2D eigenvalue weighted by Gasteiger charge is -2.19. The molecule has 0 radical (unpaired) electrons. The maximum absolute atomic E-state index is 14.6. The summed E-state index contributed by atoms with van der Waals surface area (Å²) in [6.07, 6.45) is 4.04. The number of amides is 1. The number of rotatable bonds is 6. The quantitative estimate of drug-likeness (QED) is 0.643. The van der Waals surface area contributed by atoms with Crippen molar-refractivity contribution in [3.8, 4) is 11.4 Å². The molecule has 2 saturated carbocycles. The maximum Gasteiger partial charge on any atom is 0.270 e. The number of nitrogens with zero attached hydrogens (tertiary/aromatic N) is 1. The summed E-state index contributed by atoms with van der Waals surface area (Å²) in [7, 11) is 0. The van der Waals surface area contributed by atoms with E-state index in [1.54, 1.807) is 6.07 Å². The predicted octanol–water partition coefficient (Wildman–Crippen LogP) is 4.33. The minimum atomic E-state index is -0.429. The third-order valence-electron chi connectivity index (χ3n) is 5.80. The molecule has 5 nitrogen and oxygen atoms in total. The van der Waals surface area contributed by atoms with E-state index in [0.717, 1.165) is 42.4 Å². The molecule has 2 fully saturated rings. The Labute approximate surface area is 173 Å². The van der Waals surface area contributed by atoms with Crippen LogP contribution in [-0.2, 0) is 0 Å². The molecule has 1 atom stereocenters. The van der Waals surface area contributed by atoms with Crippen molar-refractivity contribution in [3.63, 3.8) is 0 Å². The Morgan fingerprint density at radius 3 is 2.50 bits per heavy atom. The molecule has 2 aromatic carbocycles. The maximum atomic E-state index is 14.6. The molecule has 3 aromatic rings. The van der Waals surface area contributed by atoms with Crippen molar-refractivity contribution in [1.29, 1.82) is 0 Å². The van der Waals surface area contributed by atoms with Crippen LogP contribution in [0.15, 0.2) is 59.4 Å². The number of carbonyl (C=O) groups excluding carboxylic acids is 1. The molecule has 2 aliphatic rings. The summed E-state index contributed by atoms with van der Waals surface area (Å²) in [6, 6.07) is 15.4.